The summed E-state index contributed by atoms with van der Waals surface area (Å²) < 4.78 is 0.181. The SMILES string of the molecule is Cc1cc(N=O)ccc1N=C1SC(C)(C)CN1[C@H](C)C1CCCCC1. The molecule has 0 unspecified atom stereocenters. The summed E-state index contributed by atoms with van der Waals surface area (Å²) in [5.74, 6) is 0.774. The third-order valence-corrected chi connectivity index (χ3v) is 6.68. The summed E-state index contributed by atoms with van der Waals surface area (Å²) in [6.07, 6.45) is 6.81. The van der Waals surface area contributed by atoms with E-state index in [1.165, 1.54) is 32.1 Å². The molecule has 1 aromatic carbocycles. The van der Waals surface area contributed by atoms with E-state index < -0.39 is 0 Å². The number of nitrogens with zero attached hydrogens (tertiary/aromatic N) is 3. The zero-order valence-corrected chi connectivity index (χ0v) is 16.6. The molecule has 1 aromatic rings. The van der Waals surface area contributed by atoms with E-state index in [-0.39, 0.29) is 4.75 Å². The van der Waals surface area contributed by atoms with Crippen LogP contribution in [-0.2, 0) is 0 Å². The number of amidine groups is 1. The highest BCUT2D eigenvalue weighted by atomic mass is 32.2. The van der Waals surface area contributed by atoms with Crippen LogP contribution in [0, 0.1) is 17.7 Å². The topological polar surface area (TPSA) is 45.0 Å². The molecule has 0 bridgehead atoms. The highest BCUT2D eigenvalue weighted by molar-refractivity contribution is 8.15. The van der Waals surface area contributed by atoms with Crippen molar-refractivity contribution in [2.24, 2.45) is 16.1 Å². The summed E-state index contributed by atoms with van der Waals surface area (Å²) in [4.78, 5) is 18.2. The molecule has 4 nitrogen and oxygen atoms in total. The first kappa shape index (κ1) is 18.4. The number of hydrogen-bond donors (Lipinski definition) is 0. The second kappa shape index (κ2) is 7.48. The highest BCUT2D eigenvalue weighted by Gasteiger charge is 2.39. The minimum absolute atomic E-state index is 0.181. The minimum atomic E-state index is 0.181. The van der Waals surface area contributed by atoms with Crippen molar-refractivity contribution in [1.29, 1.82) is 0 Å². The van der Waals surface area contributed by atoms with Crippen LogP contribution in [0.5, 0.6) is 0 Å². The van der Waals surface area contributed by atoms with Crippen LogP contribution in [0.4, 0.5) is 11.4 Å². The van der Waals surface area contributed by atoms with Crippen LogP contribution in [-0.4, -0.2) is 27.4 Å². The summed E-state index contributed by atoms with van der Waals surface area (Å²) in [7, 11) is 0. The van der Waals surface area contributed by atoms with Crippen molar-refractivity contribution < 1.29 is 0 Å². The second-order valence-electron chi connectivity index (χ2n) is 8.08. The first-order chi connectivity index (χ1) is 11.9. The molecule has 0 amide bonds. The Morgan fingerprint density at radius 1 is 1.24 bits per heavy atom. The third-order valence-electron chi connectivity index (χ3n) is 5.49. The molecule has 0 spiro atoms. The summed E-state index contributed by atoms with van der Waals surface area (Å²) in [5.41, 5.74) is 2.40. The van der Waals surface area contributed by atoms with Gasteiger partial charge < -0.3 is 4.90 Å². The fourth-order valence-corrected chi connectivity index (χ4v) is 5.21. The minimum Gasteiger partial charge on any atom is -0.347 e. The van der Waals surface area contributed by atoms with Crippen LogP contribution in [0.3, 0.4) is 0 Å². The molecule has 1 heterocycles. The van der Waals surface area contributed by atoms with E-state index in [1.54, 1.807) is 6.07 Å². The Kier molecular flexibility index (Phi) is 5.52. The van der Waals surface area contributed by atoms with Gasteiger partial charge in [0.1, 0.15) is 5.69 Å². The number of rotatable bonds is 4. The smallest absolute Gasteiger partial charge is 0.165 e. The van der Waals surface area contributed by atoms with Crippen LogP contribution in [0.15, 0.2) is 28.4 Å². The van der Waals surface area contributed by atoms with Gasteiger partial charge in [-0.2, -0.15) is 0 Å². The Hall–Kier alpha value is -1.36. The zero-order chi connectivity index (χ0) is 18.0. The van der Waals surface area contributed by atoms with Crippen LogP contribution >= 0.6 is 11.8 Å². The van der Waals surface area contributed by atoms with Crippen molar-refractivity contribution in [3.8, 4) is 0 Å². The quantitative estimate of drug-likeness (QED) is 0.603. The van der Waals surface area contributed by atoms with Gasteiger partial charge in [-0.1, -0.05) is 31.0 Å². The summed E-state index contributed by atoms with van der Waals surface area (Å²) in [6.45, 7) is 10.0. The van der Waals surface area contributed by atoms with Gasteiger partial charge in [-0.25, -0.2) is 4.99 Å². The molecule has 2 fully saturated rings. The Labute approximate surface area is 155 Å². The van der Waals surface area contributed by atoms with E-state index >= 15 is 0 Å². The average Bonchev–Trinajstić information content (AvgIpc) is 2.91. The molecule has 0 radical (unpaired) electrons. The number of thioether (sulfide) groups is 1. The largest absolute Gasteiger partial charge is 0.347 e. The first-order valence-electron chi connectivity index (χ1n) is 9.38. The molecule has 1 aliphatic carbocycles. The second-order valence-corrected chi connectivity index (χ2v) is 9.76. The van der Waals surface area contributed by atoms with Crippen molar-refractivity contribution >= 4 is 28.3 Å². The number of aryl methyl sites for hydroxylation is 1. The fraction of sp³-hybridized carbons (Fsp3) is 0.650. The lowest BCUT2D eigenvalue weighted by Gasteiger charge is -2.35. The zero-order valence-electron chi connectivity index (χ0n) is 15.8. The van der Waals surface area contributed by atoms with Gasteiger partial charge in [0.2, 0.25) is 0 Å². The number of hydrogen-bond acceptors (Lipinski definition) is 4. The van der Waals surface area contributed by atoms with Crippen LogP contribution < -0.4 is 0 Å². The van der Waals surface area contributed by atoms with Crippen LogP contribution in [0.25, 0.3) is 0 Å². The van der Waals surface area contributed by atoms with Crippen LogP contribution in [0.2, 0.25) is 0 Å². The lowest BCUT2D eigenvalue weighted by atomic mass is 9.84. The van der Waals surface area contributed by atoms with Gasteiger partial charge in [0.05, 0.1) is 5.69 Å². The van der Waals surface area contributed by atoms with Gasteiger partial charge in [0.25, 0.3) is 0 Å². The molecule has 0 aromatic heterocycles. The lowest BCUT2D eigenvalue weighted by molar-refractivity contribution is 0.197. The van der Waals surface area contributed by atoms with Gasteiger partial charge in [0, 0.05) is 17.3 Å². The molecular formula is C20H29N3OS. The molecule has 0 N–H and O–H groups in total. The van der Waals surface area contributed by atoms with Crippen molar-refractivity contribution in [2.75, 3.05) is 6.54 Å². The summed E-state index contributed by atoms with van der Waals surface area (Å²) >= 11 is 1.87. The van der Waals surface area contributed by atoms with Crippen molar-refractivity contribution in [3.05, 3.63) is 28.7 Å². The highest BCUT2D eigenvalue weighted by Crippen LogP contribution is 2.41. The Morgan fingerprint density at radius 3 is 2.60 bits per heavy atom. The van der Waals surface area contributed by atoms with Crippen LogP contribution in [0.1, 0.15) is 58.4 Å². The monoisotopic (exact) mass is 359 g/mol. The Bertz CT molecular complexity index is 665. The molecule has 5 heteroatoms. The molecule has 136 valence electrons. The molecule has 1 atom stereocenters. The van der Waals surface area contributed by atoms with Crippen molar-refractivity contribution in [3.63, 3.8) is 0 Å². The molecule has 2 aliphatic rings. The molecule has 1 saturated carbocycles. The number of benzene rings is 1. The Morgan fingerprint density at radius 2 is 1.96 bits per heavy atom. The van der Waals surface area contributed by atoms with E-state index in [4.69, 9.17) is 4.99 Å². The predicted octanol–water partition coefficient (Wildman–Crippen LogP) is 6.18. The third kappa shape index (κ3) is 4.25. The van der Waals surface area contributed by atoms with Gasteiger partial charge >= 0.3 is 0 Å². The molecule has 1 aliphatic heterocycles. The molecular weight excluding hydrogens is 330 g/mol. The predicted molar refractivity (Wildman–Crippen MR) is 108 cm³/mol. The molecule has 3 rings (SSSR count). The lowest BCUT2D eigenvalue weighted by Crippen LogP contribution is -2.41. The average molecular weight is 360 g/mol. The normalized spacial score (nSPS) is 23.8. The van der Waals surface area contributed by atoms with E-state index in [0.29, 0.717) is 11.7 Å². The van der Waals surface area contributed by atoms with E-state index in [9.17, 15) is 4.91 Å². The maximum Gasteiger partial charge on any atom is 0.165 e. The van der Waals surface area contributed by atoms with Crippen molar-refractivity contribution in [2.45, 2.75) is 70.6 Å². The molecule has 1 saturated heterocycles. The Balaban J connectivity index is 1.87. The van der Waals surface area contributed by atoms with Gasteiger partial charge in [-0.3, -0.25) is 0 Å². The first-order valence-corrected chi connectivity index (χ1v) is 10.2. The fourth-order valence-electron chi connectivity index (χ4n) is 4.02. The van der Waals surface area contributed by atoms with Crippen molar-refractivity contribution in [1.82, 2.24) is 4.90 Å². The number of aliphatic imine (C=N–C) groups is 1. The molecule has 25 heavy (non-hydrogen) atoms. The maximum atomic E-state index is 10.7. The van der Waals surface area contributed by atoms with E-state index in [1.807, 2.05) is 30.8 Å². The summed E-state index contributed by atoms with van der Waals surface area (Å²) in [6, 6.07) is 6.00. The van der Waals surface area contributed by atoms with Gasteiger partial charge in [-0.05, 0) is 75.4 Å². The van der Waals surface area contributed by atoms with Gasteiger partial charge in [-0.15, -0.1) is 4.91 Å². The van der Waals surface area contributed by atoms with Gasteiger partial charge in [0.15, 0.2) is 5.17 Å². The number of nitroso groups, excluding NO2 is 1. The summed E-state index contributed by atoms with van der Waals surface area (Å²) in [5, 5.41) is 4.14. The standard InChI is InChI=1S/C20H29N3OS/c1-14-12-17(22-24)10-11-18(14)21-19-23(13-20(3,4)25-19)15(2)16-8-6-5-7-9-16/h10-12,15-16H,5-9,13H2,1-4H3/t15-/m1/s1. The van der Waals surface area contributed by atoms with E-state index in [0.717, 1.165) is 28.9 Å². The van der Waals surface area contributed by atoms with E-state index in [2.05, 4.69) is 30.8 Å². The maximum absolute atomic E-state index is 10.7.